The van der Waals surface area contributed by atoms with Crippen molar-refractivity contribution in [2.24, 2.45) is 5.92 Å². The van der Waals surface area contributed by atoms with E-state index in [1.165, 1.54) is 0 Å². The van der Waals surface area contributed by atoms with Crippen LogP contribution in [0.3, 0.4) is 0 Å². The summed E-state index contributed by atoms with van der Waals surface area (Å²) < 4.78 is 50.0. The van der Waals surface area contributed by atoms with Gasteiger partial charge in [-0.15, -0.1) is 0 Å². The third-order valence-electron chi connectivity index (χ3n) is 10.2. The molecule has 10 nitrogen and oxygen atoms in total. The molecule has 3 amide bonds. The first-order valence-corrected chi connectivity index (χ1v) is 20.2. The summed E-state index contributed by atoms with van der Waals surface area (Å²) in [5.74, 6) is -0.934. The van der Waals surface area contributed by atoms with Crippen LogP contribution in [0.15, 0.2) is 48.7 Å². The van der Waals surface area contributed by atoms with Crippen LogP contribution in [0, 0.1) is 12.8 Å². The molecule has 57 heavy (non-hydrogen) atoms. The first-order valence-electron chi connectivity index (χ1n) is 19.1. The second-order valence-electron chi connectivity index (χ2n) is 16.1. The number of amides is 3. The molecule has 16 heteroatoms. The lowest BCUT2D eigenvalue weighted by molar-refractivity contribution is -0.153. The highest BCUT2D eigenvalue weighted by molar-refractivity contribution is 6.37. The maximum absolute atomic E-state index is 14.8. The number of hydrogen-bond acceptors (Lipinski definition) is 7. The highest BCUT2D eigenvalue weighted by Crippen LogP contribution is 2.40. The van der Waals surface area contributed by atoms with Gasteiger partial charge in [0.05, 0.1) is 22.5 Å². The summed E-state index contributed by atoms with van der Waals surface area (Å²) in [5, 5.41) is 3.62. The number of rotatable bonds is 11. The molecule has 3 aromatic rings. The number of pyridine rings is 1. The number of ether oxygens (including phenoxy) is 2. The molecule has 1 saturated carbocycles. The van der Waals surface area contributed by atoms with E-state index >= 15 is 0 Å². The van der Waals surface area contributed by atoms with Gasteiger partial charge in [-0.25, -0.2) is 9.78 Å². The number of halogens is 6. The zero-order valence-corrected chi connectivity index (χ0v) is 34.6. The summed E-state index contributed by atoms with van der Waals surface area (Å²) >= 11 is 19.5. The van der Waals surface area contributed by atoms with Crippen molar-refractivity contribution in [3.05, 3.63) is 86.0 Å². The highest BCUT2D eigenvalue weighted by Gasteiger charge is 2.44. The molecule has 0 bridgehead atoms. The molecule has 3 aliphatic rings. The third-order valence-corrected chi connectivity index (χ3v) is 11.2. The van der Waals surface area contributed by atoms with Crippen LogP contribution in [0.2, 0.25) is 15.1 Å². The van der Waals surface area contributed by atoms with E-state index in [9.17, 15) is 27.6 Å². The number of likely N-dealkylation sites (tertiary alicyclic amines) is 1. The van der Waals surface area contributed by atoms with E-state index in [0.717, 1.165) is 36.2 Å². The number of aryl methyl sites for hydroxylation is 1. The van der Waals surface area contributed by atoms with E-state index in [0.29, 0.717) is 58.0 Å². The summed E-state index contributed by atoms with van der Waals surface area (Å²) in [7, 11) is 0. The Morgan fingerprint density at radius 1 is 0.930 bits per heavy atom. The van der Waals surface area contributed by atoms with Crippen molar-refractivity contribution in [1.29, 1.82) is 0 Å². The quantitative estimate of drug-likeness (QED) is 0.205. The van der Waals surface area contributed by atoms with Gasteiger partial charge in [-0.2, -0.15) is 13.2 Å². The van der Waals surface area contributed by atoms with E-state index < -0.39 is 36.1 Å². The number of benzene rings is 2. The van der Waals surface area contributed by atoms with Gasteiger partial charge in [-0.3, -0.25) is 9.59 Å². The molecule has 3 fully saturated rings. The Morgan fingerprint density at radius 3 is 2.28 bits per heavy atom. The molecule has 6 rings (SSSR count). The summed E-state index contributed by atoms with van der Waals surface area (Å²) in [6.45, 7) is 9.15. The third kappa shape index (κ3) is 11.4. The van der Waals surface area contributed by atoms with Crippen LogP contribution in [0.4, 0.5) is 23.8 Å². The Labute approximate surface area is 345 Å². The Balaban J connectivity index is 1.19. The van der Waals surface area contributed by atoms with Crippen molar-refractivity contribution in [3.8, 4) is 5.75 Å². The van der Waals surface area contributed by atoms with Crippen molar-refractivity contribution in [1.82, 2.24) is 20.1 Å². The first kappa shape index (κ1) is 42.7. The molecule has 1 aromatic heterocycles. The standard InChI is InChI=1S/C41H47Cl3F3N5O5/c1-24-15-33(43)37(34(44)16-24)56-29-11-13-50(22-29)35-10-6-26(20-48-35)30-12-14-51(39(55)57-40(2,3)4)23-31(30)38(54)52(28-7-8-28)21-27-17-25(5-9-32(27)42)19-49-36(53)18-41(45,46)47/h5-6,9-10,15-17,20,28-31H,7-8,11-14,18-19,21-23H2,1-4H3,(H,49,53)/t29-,30-,31+/m1/s1. The number of carbonyl (C=O) groups excluding carboxylic acids is 3. The Kier molecular flexibility index (Phi) is 13.1. The van der Waals surface area contributed by atoms with E-state index in [1.54, 1.807) is 55.0 Å². The van der Waals surface area contributed by atoms with Crippen molar-refractivity contribution in [3.63, 3.8) is 0 Å². The van der Waals surface area contributed by atoms with Crippen molar-refractivity contribution >= 4 is 58.5 Å². The predicted molar refractivity (Wildman–Crippen MR) is 213 cm³/mol. The number of carbonyl (C=O) groups is 3. The molecule has 2 aliphatic heterocycles. The fourth-order valence-electron chi connectivity index (χ4n) is 7.37. The van der Waals surface area contributed by atoms with Crippen molar-refractivity contribution in [2.75, 3.05) is 31.1 Å². The summed E-state index contributed by atoms with van der Waals surface area (Å²) in [6, 6.07) is 12.5. The highest BCUT2D eigenvalue weighted by atomic mass is 35.5. The Bertz CT molecular complexity index is 1930. The molecule has 3 heterocycles. The summed E-state index contributed by atoms with van der Waals surface area (Å²) in [4.78, 5) is 50.3. The minimum absolute atomic E-state index is 0.0447. The largest absolute Gasteiger partial charge is 0.485 e. The summed E-state index contributed by atoms with van der Waals surface area (Å²) in [5.41, 5.74) is 2.24. The molecular formula is C41H47Cl3F3N5O5. The molecule has 2 saturated heterocycles. The van der Waals surface area contributed by atoms with Crippen LogP contribution in [0.5, 0.6) is 5.75 Å². The average Bonchev–Trinajstić information content (AvgIpc) is 3.86. The average molecular weight is 853 g/mol. The van der Waals surface area contributed by atoms with Crippen LogP contribution >= 0.6 is 34.8 Å². The zero-order valence-electron chi connectivity index (χ0n) is 32.3. The van der Waals surface area contributed by atoms with Crippen molar-refractivity contribution in [2.45, 2.75) is 103 Å². The Morgan fingerprint density at radius 2 is 1.65 bits per heavy atom. The van der Waals surface area contributed by atoms with Gasteiger partial charge in [0.1, 0.15) is 23.9 Å². The minimum atomic E-state index is -4.62. The molecule has 0 spiro atoms. The van der Waals surface area contributed by atoms with Gasteiger partial charge < -0.3 is 29.5 Å². The number of nitrogens with one attached hydrogen (secondary N) is 1. The van der Waals surface area contributed by atoms with Gasteiger partial charge in [0.15, 0.2) is 5.75 Å². The maximum Gasteiger partial charge on any atom is 0.410 e. The molecule has 308 valence electrons. The van der Waals surface area contributed by atoms with Gasteiger partial charge in [0.25, 0.3) is 0 Å². The summed E-state index contributed by atoms with van der Waals surface area (Å²) in [6.07, 6.45) is -2.18. The SMILES string of the molecule is Cc1cc(Cl)c(O[C@@H]2CCN(c3ccc([C@H]4CCN(C(=O)OC(C)(C)C)C[C@@H]4C(=O)N(Cc4cc(CNC(=O)CC(F)(F)F)ccc4Cl)C4CC4)cn3)C2)c(Cl)c1. The van der Waals surface area contributed by atoms with Gasteiger partial charge in [0.2, 0.25) is 11.8 Å². The fraction of sp³-hybridized carbons (Fsp3) is 0.512. The van der Waals surface area contributed by atoms with Crippen molar-refractivity contribution < 1.29 is 37.0 Å². The first-order chi connectivity index (χ1) is 26.8. The van der Waals surface area contributed by atoms with Gasteiger partial charge in [0, 0.05) is 62.3 Å². The second kappa shape index (κ2) is 17.5. The van der Waals surface area contributed by atoms with E-state index in [4.69, 9.17) is 49.3 Å². The number of nitrogens with zero attached hydrogens (tertiary/aromatic N) is 4. The smallest absolute Gasteiger partial charge is 0.410 e. The molecule has 1 aliphatic carbocycles. The number of alkyl halides is 3. The number of anilines is 1. The zero-order chi connectivity index (χ0) is 41.2. The molecule has 3 atom stereocenters. The molecule has 2 aromatic carbocycles. The van der Waals surface area contributed by atoms with Crippen LogP contribution in [-0.4, -0.2) is 82.8 Å². The molecular weight excluding hydrogens is 806 g/mol. The molecule has 0 radical (unpaired) electrons. The van der Waals surface area contributed by atoms with Gasteiger partial charge in [-0.05, 0) is 93.5 Å². The van der Waals surface area contributed by atoms with Crippen LogP contribution < -0.4 is 15.0 Å². The van der Waals surface area contributed by atoms with E-state index in [-0.39, 0.29) is 43.6 Å². The lowest BCUT2D eigenvalue weighted by Gasteiger charge is -2.40. The van der Waals surface area contributed by atoms with Crippen LogP contribution in [-0.2, 0) is 27.4 Å². The molecule has 1 N–H and O–H groups in total. The minimum Gasteiger partial charge on any atom is -0.485 e. The molecule has 0 unspecified atom stereocenters. The maximum atomic E-state index is 14.8. The number of hydrogen-bond donors (Lipinski definition) is 1. The lowest BCUT2D eigenvalue weighted by Crippen LogP contribution is -2.51. The monoisotopic (exact) mass is 851 g/mol. The van der Waals surface area contributed by atoms with Crippen LogP contribution in [0.1, 0.15) is 81.0 Å². The normalized spacial score (nSPS) is 20.0. The second-order valence-corrected chi connectivity index (χ2v) is 17.3. The van der Waals surface area contributed by atoms with Gasteiger partial charge in [-0.1, -0.05) is 53.0 Å². The Hall–Kier alpha value is -3.94. The number of piperidine rings is 1. The van der Waals surface area contributed by atoms with E-state index in [2.05, 4.69) is 10.2 Å². The lowest BCUT2D eigenvalue weighted by atomic mass is 9.80. The predicted octanol–water partition coefficient (Wildman–Crippen LogP) is 9.11. The number of aromatic nitrogens is 1. The van der Waals surface area contributed by atoms with E-state index in [1.807, 2.05) is 31.2 Å². The van der Waals surface area contributed by atoms with Crippen LogP contribution in [0.25, 0.3) is 0 Å². The van der Waals surface area contributed by atoms with Gasteiger partial charge >= 0.3 is 12.3 Å². The fourth-order valence-corrected chi connectivity index (χ4v) is 8.23. The topological polar surface area (TPSA) is 104 Å².